The van der Waals surface area contributed by atoms with Crippen molar-refractivity contribution in [2.75, 3.05) is 7.05 Å². The van der Waals surface area contributed by atoms with E-state index < -0.39 is 0 Å². The molecule has 2 bridgehead atoms. The summed E-state index contributed by atoms with van der Waals surface area (Å²) >= 11 is 0. The number of aromatic hydroxyl groups is 1. The molecule has 4 atom stereocenters. The van der Waals surface area contributed by atoms with Crippen LogP contribution in [0.25, 0.3) is 0 Å². The minimum absolute atomic E-state index is 0.267. The lowest BCUT2D eigenvalue weighted by Gasteiger charge is -2.54. The van der Waals surface area contributed by atoms with E-state index in [0.717, 1.165) is 17.6 Å². The van der Waals surface area contributed by atoms with Crippen molar-refractivity contribution in [3.8, 4) is 11.5 Å². The quantitative estimate of drug-likeness (QED) is 0.771. The van der Waals surface area contributed by atoms with E-state index in [-0.39, 0.29) is 5.41 Å². The van der Waals surface area contributed by atoms with Gasteiger partial charge in [0.2, 0.25) is 0 Å². The molecule has 21 heavy (non-hydrogen) atoms. The highest BCUT2D eigenvalue weighted by Crippen LogP contribution is 2.65. The molecule has 3 aliphatic carbocycles. The van der Waals surface area contributed by atoms with Crippen LogP contribution in [0, 0.1) is 11.8 Å². The van der Waals surface area contributed by atoms with Crippen LogP contribution in [0.3, 0.4) is 0 Å². The van der Waals surface area contributed by atoms with E-state index >= 15 is 0 Å². The normalized spacial score (nSPS) is 37.9. The van der Waals surface area contributed by atoms with Crippen molar-refractivity contribution in [1.29, 1.82) is 0 Å². The Morgan fingerprint density at radius 2 is 2.05 bits per heavy atom. The topological polar surface area (TPSA) is 55.5 Å². The number of nitrogens with two attached hydrogens (primary N) is 1. The number of rotatable bonds is 0. The van der Waals surface area contributed by atoms with E-state index in [9.17, 15) is 5.11 Å². The molecule has 1 aromatic rings. The summed E-state index contributed by atoms with van der Waals surface area (Å²) in [5.74, 6) is 2.89. The number of hydrogen-bond acceptors (Lipinski definition) is 3. The third-order valence-corrected chi connectivity index (χ3v) is 6.38. The van der Waals surface area contributed by atoms with E-state index in [1.54, 1.807) is 0 Å². The molecule has 0 amide bonds. The Bertz CT molecular complexity index is 571. The van der Waals surface area contributed by atoms with Gasteiger partial charge in [-0.1, -0.05) is 12.5 Å². The van der Waals surface area contributed by atoms with Gasteiger partial charge >= 0.3 is 0 Å². The standard InChI is InChI=1S/C17H20O2.CH5N/c18-13-7-6-11-9-10-3-2-8-17-12(10)4-1-5-14(17)19-16(13)15(11)17;1-2/h6-7,10,12,14,18H,1-5,8-9H2;2H2,1H3. The van der Waals surface area contributed by atoms with Crippen LogP contribution in [0.15, 0.2) is 12.1 Å². The van der Waals surface area contributed by atoms with Crippen molar-refractivity contribution >= 4 is 0 Å². The molecule has 5 rings (SSSR count). The molecule has 0 aromatic heterocycles. The SMILES string of the molecule is CN.Oc1ccc2c3c1OC1CCCC4C(CCCC314)C2. The third-order valence-electron chi connectivity index (χ3n) is 6.38. The maximum absolute atomic E-state index is 10.2. The zero-order valence-corrected chi connectivity index (χ0v) is 12.8. The van der Waals surface area contributed by atoms with Crippen LogP contribution in [0.2, 0.25) is 0 Å². The first-order valence-corrected chi connectivity index (χ1v) is 8.40. The highest BCUT2D eigenvalue weighted by molar-refractivity contribution is 5.59. The molecule has 0 saturated heterocycles. The molecule has 1 heterocycles. The van der Waals surface area contributed by atoms with Crippen LogP contribution in [-0.2, 0) is 11.8 Å². The average Bonchev–Trinajstić information content (AvgIpc) is 2.85. The first kappa shape index (κ1) is 13.4. The van der Waals surface area contributed by atoms with E-state index in [1.807, 2.05) is 6.07 Å². The average molecular weight is 287 g/mol. The molecule has 114 valence electrons. The number of ether oxygens (including phenoxy) is 1. The number of hydrogen-bond donors (Lipinski definition) is 2. The molecule has 2 fully saturated rings. The Balaban J connectivity index is 0.000000555. The minimum atomic E-state index is 0.267. The Morgan fingerprint density at radius 3 is 2.90 bits per heavy atom. The van der Waals surface area contributed by atoms with Crippen LogP contribution in [0.5, 0.6) is 11.5 Å². The van der Waals surface area contributed by atoms with Gasteiger partial charge in [0, 0.05) is 11.0 Å². The van der Waals surface area contributed by atoms with Crippen molar-refractivity contribution in [1.82, 2.24) is 0 Å². The smallest absolute Gasteiger partial charge is 0.165 e. The number of benzene rings is 1. The summed E-state index contributed by atoms with van der Waals surface area (Å²) in [5.41, 5.74) is 7.65. The first-order valence-electron chi connectivity index (χ1n) is 8.40. The number of phenols is 1. The molecule has 3 heteroatoms. The van der Waals surface area contributed by atoms with Gasteiger partial charge in [-0.15, -0.1) is 0 Å². The second-order valence-electron chi connectivity index (χ2n) is 6.99. The van der Waals surface area contributed by atoms with E-state index in [2.05, 4.69) is 11.8 Å². The molecule has 4 aliphatic rings. The fourth-order valence-corrected chi connectivity index (χ4v) is 5.85. The highest BCUT2D eigenvalue weighted by atomic mass is 16.5. The number of phenolic OH excluding ortho intramolecular Hbond substituents is 1. The third kappa shape index (κ3) is 1.53. The first-order chi connectivity index (χ1) is 10.3. The van der Waals surface area contributed by atoms with Crippen LogP contribution in [0.1, 0.15) is 49.7 Å². The van der Waals surface area contributed by atoms with E-state index in [1.165, 1.54) is 63.1 Å². The van der Waals surface area contributed by atoms with Crippen LogP contribution < -0.4 is 10.5 Å². The summed E-state index contributed by atoms with van der Waals surface area (Å²) in [6.45, 7) is 0. The van der Waals surface area contributed by atoms with E-state index in [4.69, 9.17) is 4.74 Å². The zero-order valence-electron chi connectivity index (χ0n) is 12.8. The van der Waals surface area contributed by atoms with Gasteiger partial charge in [-0.25, -0.2) is 0 Å². The Labute approximate surface area is 126 Å². The predicted octanol–water partition coefficient (Wildman–Crippen LogP) is 3.12. The molecule has 4 unspecified atom stereocenters. The Kier molecular flexibility index (Phi) is 2.97. The largest absolute Gasteiger partial charge is 0.504 e. The Morgan fingerprint density at radius 1 is 1.19 bits per heavy atom. The van der Waals surface area contributed by atoms with Gasteiger partial charge in [-0.05, 0) is 69.0 Å². The van der Waals surface area contributed by atoms with Crippen molar-refractivity contribution < 1.29 is 9.84 Å². The second kappa shape index (κ2) is 4.64. The molecule has 3 N–H and O–H groups in total. The Hall–Kier alpha value is -1.22. The van der Waals surface area contributed by atoms with Gasteiger partial charge in [0.15, 0.2) is 11.5 Å². The maximum atomic E-state index is 10.2. The lowest BCUT2D eigenvalue weighted by molar-refractivity contribution is -0.0142. The molecule has 2 saturated carbocycles. The fraction of sp³-hybridized carbons (Fsp3) is 0.667. The van der Waals surface area contributed by atoms with Crippen LogP contribution in [0.4, 0.5) is 0 Å². The summed E-state index contributed by atoms with van der Waals surface area (Å²) < 4.78 is 6.26. The summed E-state index contributed by atoms with van der Waals surface area (Å²) in [6, 6.07) is 4.00. The van der Waals surface area contributed by atoms with Crippen molar-refractivity contribution in [2.24, 2.45) is 17.6 Å². The fourth-order valence-electron chi connectivity index (χ4n) is 5.85. The highest BCUT2D eigenvalue weighted by Gasteiger charge is 2.61. The molecule has 1 aromatic carbocycles. The van der Waals surface area contributed by atoms with Gasteiger partial charge in [-0.3, -0.25) is 0 Å². The molecular formula is C18H25NO2. The molecule has 1 spiro atoms. The van der Waals surface area contributed by atoms with Gasteiger partial charge in [0.25, 0.3) is 0 Å². The summed E-state index contributed by atoms with van der Waals surface area (Å²) in [6.07, 6.45) is 9.43. The molecule has 0 radical (unpaired) electrons. The van der Waals surface area contributed by atoms with Gasteiger partial charge in [0.05, 0.1) is 0 Å². The second-order valence-corrected chi connectivity index (χ2v) is 6.99. The van der Waals surface area contributed by atoms with Crippen molar-refractivity contribution in [2.45, 2.75) is 56.5 Å². The summed E-state index contributed by atoms with van der Waals surface area (Å²) in [4.78, 5) is 0. The molecule has 3 nitrogen and oxygen atoms in total. The molecular weight excluding hydrogens is 262 g/mol. The maximum Gasteiger partial charge on any atom is 0.165 e. The predicted molar refractivity (Wildman–Crippen MR) is 82.7 cm³/mol. The van der Waals surface area contributed by atoms with Crippen LogP contribution >= 0.6 is 0 Å². The lowest BCUT2D eigenvalue weighted by atomic mass is 9.48. The summed E-state index contributed by atoms with van der Waals surface area (Å²) in [5, 5.41) is 10.2. The minimum Gasteiger partial charge on any atom is -0.504 e. The van der Waals surface area contributed by atoms with Crippen molar-refractivity contribution in [3.63, 3.8) is 0 Å². The van der Waals surface area contributed by atoms with Crippen molar-refractivity contribution in [3.05, 3.63) is 23.3 Å². The van der Waals surface area contributed by atoms with E-state index in [0.29, 0.717) is 11.9 Å². The van der Waals surface area contributed by atoms with Gasteiger partial charge in [-0.2, -0.15) is 0 Å². The van der Waals surface area contributed by atoms with Gasteiger partial charge < -0.3 is 15.6 Å². The zero-order chi connectivity index (χ0) is 14.6. The van der Waals surface area contributed by atoms with Crippen LogP contribution in [-0.4, -0.2) is 18.3 Å². The summed E-state index contributed by atoms with van der Waals surface area (Å²) in [7, 11) is 1.50. The lowest BCUT2D eigenvalue weighted by Crippen LogP contribution is -2.55. The monoisotopic (exact) mass is 287 g/mol. The molecule has 1 aliphatic heterocycles. The van der Waals surface area contributed by atoms with Gasteiger partial charge in [0.1, 0.15) is 6.10 Å².